The SMILES string of the molecule is [c]1cccc2c[nH]cc12. The number of H-pyrrole nitrogens is 1. The largest absolute Gasteiger partial charge is 0.366 e. The minimum absolute atomic E-state index is 1.15. The lowest BCUT2D eigenvalue weighted by atomic mass is 10.2. The predicted molar refractivity (Wildman–Crippen MR) is 37.1 cm³/mol. The number of rotatable bonds is 0. The molecule has 1 N–H and O–H groups in total. The third kappa shape index (κ3) is 0.617. The van der Waals surface area contributed by atoms with Crippen molar-refractivity contribution < 1.29 is 0 Å². The van der Waals surface area contributed by atoms with Crippen LogP contribution < -0.4 is 0 Å². The van der Waals surface area contributed by atoms with Gasteiger partial charge in [-0.15, -0.1) is 0 Å². The number of nitrogens with one attached hydrogen (secondary N) is 1. The van der Waals surface area contributed by atoms with Crippen LogP contribution in [-0.2, 0) is 0 Å². The molecule has 0 fully saturated rings. The van der Waals surface area contributed by atoms with Crippen LogP contribution in [0.3, 0.4) is 0 Å². The highest BCUT2D eigenvalue weighted by atomic mass is 14.6. The van der Waals surface area contributed by atoms with E-state index in [0.717, 1.165) is 5.39 Å². The van der Waals surface area contributed by atoms with Gasteiger partial charge in [-0.3, -0.25) is 0 Å². The molecule has 0 amide bonds. The first-order chi connectivity index (χ1) is 4.47. The van der Waals surface area contributed by atoms with Gasteiger partial charge in [0.25, 0.3) is 0 Å². The number of hydrogen-bond acceptors (Lipinski definition) is 0. The van der Waals surface area contributed by atoms with E-state index in [2.05, 4.69) is 17.1 Å². The van der Waals surface area contributed by atoms with Gasteiger partial charge < -0.3 is 4.98 Å². The van der Waals surface area contributed by atoms with Crippen LogP contribution in [0.4, 0.5) is 0 Å². The van der Waals surface area contributed by atoms with Crippen molar-refractivity contribution >= 4 is 10.8 Å². The van der Waals surface area contributed by atoms with Crippen LogP contribution in [-0.4, -0.2) is 4.98 Å². The first-order valence-corrected chi connectivity index (χ1v) is 2.90. The number of fused-ring (bicyclic) bond motifs is 1. The molecule has 2 aromatic rings. The Hall–Kier alpha value is -1.24. The number of aromatic nitrogens is 1. The Morgan fingerprint density at radius 2 is 2.33 bits per heavy atom. The fourth-order valence-corrected chi connectivity index (χ4v) is 0.928. The minimum Gasteiger partial charge on any atom is -0.366 e. The summed E-state index contributed by atoms with van der Waals surface area (Å²) in [5.74, 6) is 0. The molecule has 1 heterocycles. The van der Waals surface area contributed by atoms with Crippen molar-refractivity contribution in [2.24, 2.45) is 0 Å². The molecule has 0 aliphatic heterocycles. The maximum absolute atomic E-state index is 3.10. The molecule has 2 rings (SSSR count). The van der Waals surface area contributed by atoms with E-state index in [4.69, 9.17) is 0 Å². The Morgan fingerprint density at radius 1 is 1.33 bits per heavy atom. The lowest BCUT2D eigenvalue weighted by Crippen LogP contribution is -1.58. The summed E-state index contributed by atoms with van der Waals surface area (Å²) in [5.41, 5.74) is 0. The third-order valence-corrected chi connectivity index (χ3v) is 1.39. The van der Waals surface area contributed by atoms with Crippen molar-refractivity contribution in [3.63, 3.8) is 0 Å². The van der Waals surface area contributed by atoms with Crippen molar-refractivity contribution in [3.8, 4) is 0 Å². The maximum Gasteiger partial charge on any atom is 0.00906 e. The Kier molecular flexibility index (Phi) is 0.833. The minimum atomic E-state index is 1.15. The zero-order valence-electron chi connectivity index (χ0n) is 4.89. The highest BCUT2D eigenvalue weighted by Gasteiger charge is 1.87. The second kappa shape index (κ2) is 1.62. The number of hydrogen-bond donors (Lipinski definition) is 1. The summed E-state index contributed by atoms with van der Waals surface area (Å²) in [6, 6.07) is 9.05. The highest BCUT2D eigenvalue weighted by Crippen LogP contribution is 2.09. The molecule has 1 aromatic carbocycles. The molecule has 0 atom stereocenters. The standard InChI is InChI=1S/C8H6N/c1-2-4-8-6-9-5-7(8)3-1/h1-3,5-6,9H. The second-order valence-corrected chi connectivity index (χ2v) is 1.99. The molecule has 0 aliphatic carbocycles. The average molecular weight is 116 g/mol. The number of benzene rings is 1. The summed E-state index contributed by atoms with van der Waals surface area (Å²) in [6.07, 6.45) is 3.90. The highest BCUT2D eigenvalue weighted by molar-refractivity contribution is 5.80. The van der Waals surface area contributed by atoms with E-state index in [1.807, 2.05) is 24.5 Å². The summed E-state index contributed by atoms with van der Waals surface area (Å²) >= 11 is 0. The molecule has 0 spiro atoms. The Balaban J connectivity index is 2.95. The maximum atomic E-state index is 3.10. The zero-order chi connectivity index (χ0) is 6.10. The van der Waals surface area contributed by atoms with E-state index in [1.165, 1.54) is 5.39 Å². The molecule has 0 unspecified atom stereocenters. The summed E-state index contributed by atoms with van der Waals surface area (Å²) in [5, 5.41) is 2.37. The molecule has 43 valence electrons. The van der Waals surface area contributed by atoms with Crippen molar-refractivity contribution in [2.75, 3.05) is 0 Å². The number of aromatic amines is 1. The Morgan fingerprint density at radius 3 is 3.22 bits per heavy atom. The summed E-state index contributed by atoms with van der Waals surface area (Å²) in [4.78, 5) is 3.01. The molecule has 1 nitrogen and oxygen atoms in total. The summed E-state index contributed by atoms with van der Waals surface area (Å²) in [6.45, 7) is 0. The average Bonchev–Trinajstić information content (AvgIpc) is 2.33. The quantitative estimate of drug-likeness (QED) is 0.541. The zero-order valence-corrected chi connectivity index (χ0v) is 4.89. The molecule has 0 saturated heterocycles. The first-order valence-electron chi connectivity index (χ1n) is 2.90. The third-order valence-electron chi connectivity index (χ3n) is 1.39. The summed E-state index contributed by atoms with van der Waals surface area (Å²) < 4.78 is 0. The van der Waals surface area contributed by atoms with Gasteiger partial charge in [0.15, 0.2) is 0 Å². The van der Waals surface area contributed by atoms with Gasteiger partial charge in [0, 0.05) is 17.8 Å². The summed E-state index contributed by atoms with van der Waals surface area (Å²) in [7, 11) is 0. The van der Waals surface area contributed by atoms with Gasteiger partial charge in [-0.1, -0.05) is 18.2 Å². The molecule has 0 aliphatic rings. The fourth-order valence-electron chi connectivity index (χ4n) is 0.928. The van der Waals surface area contributed by atoms with Gasteiger partial charge in [0.2, 0.25) is 0 Å². The molecule has 9 heavy (non-hydrogen) atoms. The van der Waals surface area contributed by atoms with E-state index < -0.39 is 0 Å². The second-order valence-electron chi connectivity index (χ2n) is 1.99. The van der Waals surface area contributed by atoms with Gasteiger partial charge in [0.1, 0.15) is 0 Å². The van der Waals surface area contributed by atoms with E-state index in [0.29, 0.717) is 0 Å². The van der Waals surface area contributed by atoms with Crippen molar-refractivity contribution in [2.45, 2.75) is 0 Å². The predicted octanol–water partition coefficient (Wildman–Crippen LogP) is 1.97. The molecule has 0 saturated carbocycles. The van der Waals surface area contributed by atoms with Crippen LogP contribution >= 0.6 is 0 Å². The van der Waals surface area contributed by atoms with Gasteiger partial charge in [-0.2, -0.15) is 0 Å². The molecule has 1 heteroatoms. The first kappa shape index (κ1) is 4.62. The van der Waals surface area contributed by atoms with Gasteiger partial charge >= 0.3 is 0 Å². The van der Waals surface area contributed by atoms with Crippen LogP contribution in [0.5, 0.6) is 0 Å². The van der Waals surface area contributed by atoms with Gasteiger partial charge in [-0.25, -0.2) is 0 Å². The Labute approximate surface area is 53.3 Å². The topological polar surface area (TPSA) is 15.8 Å². The fraction of sp³-hybridized carbons (Fsp3) is 0. The van der Waals surface area contributed by atoms with Crippen LogP contribution in [0.2, 0.25) is 0 Å². The van der Waals surface area contributed by atoms with Crippen LogP contribution in [0, 0.1) is 6.07 Å². The van der Waals surface area contributed by atoms with E-state index in [-0.39, 0.29) is 0 Å². The molecule has 1 aromatic heterocycles. The van der Waals surface area contributed by atoms with E-state index >= 15 is 0 Å². The van der Waals surface area contributed by atoms with Crippen LogP contribution in [0.25, 0.3) is 10.8 Å². The lowest BCUT2D eigenvalue weighted by molar-refractivity contribution is 1.43. The molecular weight excluding hydrogens is 110 g/mol. The molecular formula is C8H6N. The van der Waals surface area contributed by atoms with E-state index in [9.17, 15) is 0 Å². The molecule has 1 radical (unpaired) electrons. The van der Waals surface area contributed by atoms with Crippen molar-refractivity contribution in [3.05, 3.63) is 36.7 Å². The van der Waals surface area contributed by atoms with Gasteiger partial charge in [-0.05, 0) is 11.5 Å². The molecule has 0 bridgehead atoms. The van der Waals surface area contributed by atoms with Crippen LogP contribution in [0.1, 0.15) is 0 Å². The lowest BCUT2D eigenvalue weighted by Gasteiger charge is -1.81. The van der Waals surface area contributed by atoms with Crippen molar-refractivity contribution in [1.82, 2.24) is 4.98 Å². The Bertz CT molecular complexity index is 279. The monoisotopic (exact) mass is 116 g/mol. The smallest absolute Gasteiger partial charge is 0.00906 e. The van der Waals surface area contributed by atoms with Crippen molar-refractivity contribution in [1.29, 1.82) is 0 Å². The normalized spacial score (nSPS) is 10.2. The van der Waals surface area contributed by atoms with Gasteiger partial charge in [0.05, 0.1) is 0 Å². The van der Waals surface area contributed by atoms with E-state index in [1.54, 1.807) is 0 Å². The van der Waals surface area contributed by atoms with Crippen LogP contribution in [0.15, 0.2) is 30.6 Å².